The molecule has 0 unspecified atom stereocenters. The van der Waals surface area contributed by atoms with Crippen LogP contribution in [0.3, 0.4) is 0 Å². The highest BCUT2D eigenvalue weighted by Crippen LogP contribution is 2.36. The number of rotatable bonds is 8. The monoisotopic (exact) mass is 534 g/mol. The lowest BCUT2D eigenvalue weighted by molar-refractivity contribution is 0.393. The van der Waals surface area contributed by atoms with Gasteiger partial charge in [0.2, 0.25) is 0 Å². The summed E-state index contributed by atoms with van der Waals surface area (Å²) in [7, 11) is 6.24. The van der Waals surface area contributed by atoms with E-state index in [0.717, 1.165) is 19.3 Å². The summed E-state index contributed by atoms with van der Waals surface area (Å²) in [6, 6.07) is 13.3. The van der Waals surface area contributed by atoms with E-state index in [2.05, 4.69) is 5.32 Å². The minimum atomic E-state index is -0.521. The van der Waals surface area contributed by atoms with Crippen LogP contribution in [0, 0.1) is 5.82 Å². The summed E-state index contributed by atoms with van der Waals surface area (Å²) in [5.74, 6) is 2.30. The third-order valence-electron chi connectivity index (χ3n) is 6.88. The summed E-state index contributed by atoms with van der Waals surface area (Å²) in [5.41, 5.74) is 1.10. The Labute approximate surface area is 225 Å². The van der Waals surface area contributed by atoms with Crippen molar-refractivity contribution in [2.45, 2.75) is 19.3 Å². The summed E-state index contributed by atoms with van der Waals surface area (Å²) >= 11 is 0. The molecule has 0 saturated carbocycles. The van der Waals surface area contributed by atoms with Crippen molar-refractivity contribution in [2.75, 3.05) is 51.7 Å². The zero-order valence-electron chi connectivity index (χ0n) is 22.4. The van der Waals surface area contributed by atoms with Crippen molar-refractivity contribution in [3.8, 4) is 28.7 Å². The number of halogens is 1. The van der Waals surface area contributed by atoms with Gasteiger partial charge in [-0.2, -0.15) is 0 Å². The lowest BCUT2D eigenvalue weighted by Gasteiger charge is -2.28. The average Bonchev–Trinajstić information content (AvgIpc) is 2.97. The molecule has 0 amide bonds. The highest BCUT2D eigenvalue weighted by atomic mass is 19.1. The van der Waals surface area contributed by atoms with E-state index in [4.69, 9.17) is 23.9 Å². The molecule has 5 rings (SSSR count). The van der Waals surface area contributed by atoms with Crippen LogP contribution in [0.1, 0.15) is 19.3 Å². The fourth-order valence-corrected chi connectivity index (χ4v) is 4.87. The lowest BCUT2D eigenvalue weighted by atomic mass is 10.1. The molecule has 0 aliphatic carbocycles. The molecule has 1 aliphatic heterocycles. The number of nitrogens with zero attached hydrogens (tertiary/aromatic N) is 3. The molecule has 39 heavy (non-hydrogen) atoms. The molecule has 1 saturated heterocycles. The minimum absolute atomic E-state index is 0.151. The SMILES string of the molecule is COc1ccc(Nc2cc(=O)c3cc(F)c(N4CCCCC4)nc3n2-c2ccc(OC)cc2OC)c(OC)c1. The van der Waals surface area contributed by atoms with Crippen molar-refractivity contribution in [1.29, 1.82) is 0 Å². The maximum absolute atomic E-state index is 15.3. The lowest BCUT2D eigenvalue weighted by Crippen LogP contribution is -2.31. The molecule has 2 aromatic heterocycles. The molecular formula is C29H31FN4O5. The van der Waals surface area contributed by atoms with Crippen molar-refractivity contribution in [3.63, 3.8) is 0 Å². The summed E-state index contributed by atoms with van der Waals surface area (Å²) in [6.45, 7) is 1.40. The van der Waals surface area contributed by atoms with Gasteiger partial charge in [-0.25, -0.2) is 9.37 Å². The van der Waals surface area contributed by atoms with Crippen LogP contribution in [0.2, 0.25) is 0 Å². The smallest absolute Gasteiger partial charge is 0.193 e. The number of fused-ring (bicyclic) bond motifs is 1. The normalized spacial score (nSPS) is 13.3. The Bertz CT molecular complexity index is 1570. The number of ether oxygens (including phenoxy) is 4. The van der Waals surface area contributed by atoms with E-state index in [-0.39, 0.29) is 16.6 Å². The standard InChI is InChI=1S/C29H31FN4O5/c1-36-18-8-10-22(25(14-18)38-3)31-27-17-24(35)20-16-21(30)29(33-12-6-5-7-13-33)32-28(20)34(27)23-11-9-19(37-2)15-26(23)39-4/h8-11,14-17,31H,5-7,12-13H2,1-4H3. The summed E-state index contributed by atoms with van der Waals surface area (Å²) < 4.78 is 39.1. The highest BCUT2D eigenvalue weighted by molar-refractivity contribution is 5.84. The predicted octanol–water partition coefficient (Wildman–Crippen LogP) is 5.29. The Morgan fingerprint density at radius 1 is 0.821 bits per heavy atom. The van der Waals surface area contributed by atoms with E-state index >= 15 is 4.39 Å². The highest BCUT2D eigenvalue weighted by Gasteiger charge is 2.23. The van der Waals surface area contributed by atoms with E-state index in [0.29, 0.717) is 58.9 Å². The van der Waals surface area contributed by atoms with Gasteiger partial charge in [-0.1, -0.05) is 0 Å². The van der Waals surface area contributed by atoms with Gasteiger partial charge in [-0.05, 0) is 49.6 Å². The van der Waals surface area contributed by atoms with E-state index < -0.39 is 5.82 Å². The molecule has 1 fully saturated rings. The van der Waals surface area contributed by atoms with Gasteiger partial charge < -0.3 is 29.2 Å². The van der Waals surface area contributed by atoms with Gasteiger partial charge in [0.15, 0.2) is 22.7 Å². The fourth-order valence-electron chi connectivity index (χ4n) is 4.87. The molecule has 2 aromatic carbocycles. The predicted molar refractivity (Wildman–Crippen MR) is 149 cm³/mol. The first kappa shape index (κ1) is 26.1. The maximum atomic E-state index is 15.3. The average molecular weight is 535 g/mol. The van der Waals surface area contributed by atoms with Crippen molar-refractivity contribution < 1.29 is 23.3 Å². The topological polar surface area (TPSA) is 87.1 Å². The van der Waals surface area contributed by atoms with Gasteiger partial charge in [0.25, 0.3) is 0 Å². The Balaban J connectivity index is 1.79. The number of anilines is 3. The van der Waals surface area contributed by atoms with Crippen LogP contribution in [-0.2, 0) is 0 Å². The minimum Gasteiger partial charge on any atom is -0.497 e. The van der Waals surface area contributed by atoms with E-state index in [1.54, 1.807) is 63.3 Å². The number of benzene rings is 2. The summed E-state index contributed by atoms with van der Waals surface area (Å²) in [6.07, 6.45) is 3.01. The van der Waals surface area contributed by atoms with Gasteiger partial charge in [-0.15, -0.1) is 0 Å². The van der Waals surface area contributed by atoms with Crippen LogP contribution in [0.5, 0.6) is 23.0 Å². The Hall–Kier alpha value is -4.47. The molecule has 3 heterocycles. The van der Waals surface area contributed by atoms with E-state index in [1.807, 2.05) is 11.0 Å². The number of hydrogen-bond donors (Lipinski definition) is 1. The number of aromatic nitrogens is 2. The van der Waals surface area contributed by atoms with Gasteiger partial charge in [0.1, 0.15) is 28.8 Å². The molecular weight excluding hydrogens is 503 g/mol. The molecule has 0 radical (unpaired) electrons. The Morgan fingerprint density at radius 2 is 1.49 bits per heavy atom. The van der Waals surface area contributed by atoms with Crippen LogP contribution >= 0.6 is 0 Å². The molecule has 10 heteroatoms. The van der Waals surface area contributed by atoms with Crippen molar-refractivity contribution >= 4 is 28.4 Å². The molecule has 204 valence electrons. The largest absolute Gasteiger partial charge is 0.497 e. The first-order valence-corrected chi connectivity index (χ1v) is 12.7. The van der Waals surface area contributed by atoms with Crippen LogP contribution in [0.15, 0.2) is 53.3 Å². The second kappa shape index (κ2) is 11.1. The zero-order chi connectivity index (χ0) is 27.5. The third-order valence-corrected chi connectivity index (χ3v) is 6.88. The first-order valence-electron chi connectivity index (χ1n) is 12.7. The Kier molecular flexibility index (Phi) is 7.44. The second-order valence-corrected chi connectivity index (χ2v) is 9.17. The molecule has 9 nitrogen and oxygen atoms in total. The molecule has 1 N–H and O–H groups in total. The molecule has 0 spiro atoms. The molecule has 0 bridgehead atoms. The molecule has 1 aliphatic rings. The zero-order valence-corrected chi connectivity index (χ0v) is 22.4. The van der Waals surface area contributed by atoms with Gasteiger partial charge in [-0.3, -0.25) is 9.36 Å². The van der Waals surface area contributed by atoms with Crippen molar-refractivity contribution in [3.05, 3.63) is 64.6 Å². The van der Waals surface area contributed by atoms with Gasteiger partial charge in [0, 0.05) is 31.3 Å². The number of piperidine rings is 1. The second-order valence-electron chi connectivity index (χ2n) is 9.17. The quantitative estimate of drug-likeness (QED) is 0.326. The van der Waals surface area contributed by atoms with Crippen LogP contribution in [-0.4, -0.2) is 51.1 Å². The number of pyridine rings is 2. The van der Waals surface area contributed by atoms with Gasteiger partial charge in [0.05, 0.1) is 45.2 Å². The van der Waals surface area contributed by atoms with Crippen LogP contribution < -0.4 is 34.6 Å². The van der Waals surface area contributed by atoms with Crippen LogP contribution in [0.4, 0.5) is 21.7 Å². The fraction of sp³-hybridized carbons (Fsp3) is 0.310. The van der Waals surface area contributed by atoms with E-state index in [1.165, 1.54) is 12.1 Å². The van der Waals surface area contributed by atoms with Crippen molar-refractivity contribution in [2.24, 2.45) is 0 Å². The molecule has 0 atom stereocenters. The van der Waals surface area contributed by atoms with Gasteiger partial charge >= 0.3 is 0 Å². The number of hydrogen-bond acceptors (Lipinski definition) is 8. The summed E-state index contributed by atoms with van der Waals surface area (Å²) in [4.78, 5) is 20.0. The van der Waals surface area contributed by atoms with Crippen molar-refractivity contribution in [1.82, 2.24) is 9.55 Å². The molecule has 4 aromatic rings. The Morgan fingerprint density at radius 3 is 2.15 bits per heavy atom. The van der Waals surface area contributed by atoms with E-state index in [9.17, 15) is 4.79 Å². The maximum Gasteiger partial charge on any atom is 0.193 e. The number of methoxy groups -OCH3 is 4. The first-order chi connectivity index (χ1) is 19.0. The third kappa shape index (κ3) is 5.01. The van der Waals surface area contributed by atoms with Crippen LogP contribution in [0.25, 0.3) is 16.7 Å². The summed E-state index contributed by atoms with van der Waals surface area (Å²) in [5, 5.41) is 3.47. The number of nitrogens with one attached hydrogen (secondary N) is 1.